The van der Waals surface area contributed by atoms with Crippen LogP contribution >= 0.6 is 39.3 Å². The van der Waals surface area contributed by atoms with Gasteiger partial charge >= 0.3 is 0 Å². The quantitative estimate of drug-likeness (QED) is 0.469. The van der Waals surface area contributed by atoms with Crippen molar-refractivity contribution in [2.45, 2.75) is 16.9 Å². The van der Waals surface area contributed by atoms with Crippen molar-refractivity contribution in [3.8, 4) is 0 Å². The number of halogens is 2. The fourth-order valence-corrected chi connectivity index (χ4v) is 3.61. The summed E-state index contributed by atoms with van der Waals surface area (Å²) in [4.78, 5) is 1.18. The lowest BCUT2D eigenvalue weighted by atomic mass is 10.2. The predicted octanol–water partition coefficient (Wildman–Crippen LogP) is 5.69. The molecule has 5 heteroatoms. The molecule has 0 bridgehead atoms. The van der Waals surface area contributed by atoms with Gasteiger partial charge in [0.15, 0.2) is 6.29 Å². The zero-order valence-electron chi connectivity index (χ0n) is 11.8. The molecule has 2 aromatic carbocycles. The lowest BCUT2D eigenvalue weighted by Gasteiger charge is -2.13. The molecule has 2 nitrogen and oxygen atoms in total. The third-order valence-electron chi connectivity index (χ3n) is 2.99. The zero-order valence-corrected chi connectivity index (χ0v) is 15.0. The molecule has 0 aromatic heterocycles. The van der Waals surface area contributed by atoms with Gasteiger partial charge < -0.3 is 9.47 Å². The average Bonchev–Trinajstić information content (AvgIpc) is 2.49. The minimum Gasteiger partial charge on any atom is -0.352 e. The number of methoxy groups -OCH3 is 2. The van der Waals surface area contributed by atoms with E-state index >= 15 is 0 Å². The zero-order chi connectivity index (χ0) is 15.2. The van der Waals surface area contributed by atoms with E-state index in [2.05, 4.69) is 28.1 Å². The van der Waals surface area contributed by atoms with Gasteiger partial charge in [-0.05, 0) is 29.8 Å². The van der Waals surface area contributed by atoms with Gasteiger partial charge in [-0.3, -0.25) is 0 Å². The molecule has 112 valence electrons. The monoisotopic (exact) mass is 386 g/mol. The maximum absolute atomic E-state index is 6.22. The van der Waals surface area contributed by atoms with E-state index < -0.39 is 0 Å². The normalized spacial score (nSPS) is 11.1. The Balaban J connectivity index is 2.00. The first kappa shape index (κ1) is 16.8. The maximum atomic E-state index is 6.22. The number of benzene rings is 2. The Kier molecular flexibility index (Phi) is 6.58. The number of hydrogen-bond acceptors (Lipinski definition) is 3. The standard InChI is InChI=1S/C16H16BrClO2S/c1-19-16(20-2)11-4-7-14(8-5-11)21-10-12-3-6-13(17)9-15(12)18/h3-9,16H,10H2,1-2H3. The molecule has 21 heavy (non-hydrogen) atoms. The van der Waals surface area contributed by atoms with Gasteiger partial charge in [-0.25, -0.2) is 0 Å². The van der Waals surface area contributed by atoms with Gasteiger partial charge in [0.1, 0.15) is 0 Å². The Hall–Kier alpha value is -0.520. The second-order valence-corrected chi connectivity index (χ2v) is 6.77. The van der Waals surface area contributed by atoms with Crippen molar-refractivity contribution in [1.29, 1.82) is 0 Å². The van der Waals surface area contributed by atoms with Gasteiger partial charge in [0.05, 0.1) is 0 Å². The van der Waals surface area contributed by atoms with Crippen LogP contribution in [0.25, 0.3) is 0 Å². The van der Waals surface area contributed by atoms with Crippen molar-refractivity contribution in [2.24, 2.45) is 0 Å². The first-order valence-electron chi connectivity index (χ1n) is 6.36. The summed E-state index contributed by atoms with van der Waals surface area (Å²) in [7, 11) is 3.26. The molecule has 0 aliphatic heterocycles. The van der Waals surface area contributed by atoms with Crippen LogP contribution in [0, 0.1) is 0 Å². The van der Waals surface area contributed by atoms with Crippen molar-refractivity contribution in [2.75, 3.05) is 14.2 Å². The first-order chi connectivity index (χ1) is 10.1. The second-order valence-electron chi connectivity index (χ2n) is 4.40. The summed E-state index contributed by atoms with van der Waals surface area (Å²) in [6.45, 7) is 0. The molecule has 0 N–H and O–H groups in total. The summed E-state index contributed by atoms with van der Waals surface area (Å²) < 4.78 is 11.5. The fraction of sp³-hybridized carbons (Fsp3) is 0.250. The van der Waals surface area contributed by atoms with Gasteiger partial charge in [0.2, 0.25) is 0 Å². The predicted molar refractivity (Wildman–Crippen MR) is 91.9 cm³/mol. The van der Waals surface area contributed by atoms with Crippen molar-refractivity contribution in [3.05, 3.63) is 63.1 Å². The summed E-state index contributed by atoms with van der Waals surface area (Å²) in [5.74, 6) is 0.837. The highest BCUT2D eigenvalue weighted by molar-refractivity contribution is 9.10. The molecule has 2 rings (SSSR count). The minimum atomic E-state index is -0.315. The Morgan fingerprint density at radius 1 is 1.10 bits per heavy atom. The molecule has 0 spiro atoms. The van der Waals surface area contributed by atoms with E-state index in [1.54, 1.807) is 26.0 Å². The number of rotatable bonds is 6. The third kappa shape index (κ3) is 4.73. The third-order valence-corrected chi connectivity index (χ3v) is 4.90. The molecule has 0 saturated carbocycles. The highest BCUT2D eigenvalue weighted by atomic mass is 79.9. The van der Waals surface area contributed by atoms with E-state index in [0.29, 0.717) is 0 Å². The van der Waals surface area contributed by atoms with Gasteiger partial charge in [-0.1, -0.05) is 45.7 Å². The van der Waals surface area contributed by atoms with Gasteiger partial charge in [-0.2, -0.15) is 0 Å². The molecule has 0 heterocycles. The number of thioether (sulfide) groups is 1. The lowest BCUT2D eigenvalue weighted by molar-refractivity contribution is -0.106. The number of ether oxygens (including phenoxy) is 2. The average molecular weight is 388 g/mol. The molecule has 0 unspecified atom stereocenters. The van der Waals surface area contributed by atoms with E-state index in [9.17, 15) is 0 Å². The molecule has 0 aliphatic rings. The Labute approximate surface area is 142 Å². The topological polar surface area (TPSA) is 18.5 Å². The van der Waals surface area contributed by atoms with E-state index in [1.807, 2.05) is 30.3 Å². The van der Waals surface area contributed by atoms with Crippen LogP contribution in [0.4, 0.5) is 0 Å². The fourth-order valence-electron chi connectivity index (χ4n) is 1.89. The van der Waals surface area contributed by atoms with Gasteiger partial charge in [-0.15, -0.1) is 11.8 Å². The Bertz CT molecular complexity index is 585. The largest absolute Gasteiger partial charge is 0.352 e. The van der Waals surface area contributed by atoms with Crippen LogP contribution in [0.3, 0.4) is 0 Å². The Morgan fingerprint density at radius 3 is 2.33 bits per heavy atom. The second kappa shape index (κ2) is 8.20. The molecule has 2 aromatic rings. The van der Waals surface area contributed by atoms with Gasteiger partial charge in [0.25, 0.3) is 0 Å². The van der Waals surface area contributed by atoms with Crippen molar-refractivity contribution in [3.63, 3.8) is 0 Å². The molecule has 0 aliphatic carbocycles. The lowest BCUT2D eigenvalue weighted by Crippen LogP contribution is -2.02. The molecule has 0 saturated heterocycles. The molecular formula is C16H16BrClO2S. The number of hydrogen-bond donors (Lipinski definition) is 0. The van der Waals surface area contributed by atoms with Crippen LogP contribution in [-0.4, -0.2) is 14.2 Å². The van der Waals surface area contributed by atoms with Crippen LogP contribution in [0.5, 0.6) is 0 Å². The van der Waals surface area contributed by atoms with Crippen LogP contribution in [0.15, 0.2) is 51.8 Å². The maximum Gasteiger partial charge on any atom is 0.183 e. The van der Waals surface area contributed by atoms with E-state index in [1.165, 1.54) is 4.90 Å². The van der Waals surface area contributed by atoms with E-state index in [4.69, 9.17) is 21.1 Å². The van der Waals surface area contributed by atoms with Gasteiger partial charge in [0, 0.05) is 39.9 Å². The highest BCUT2D eigenvalue weighted by Crippen LogP contribution is 2.29. The van der Waals surface area contributed by atoms with Crippen LogP contribution in [0.2, 0.25) is 5.02 Å². The van der Waals surface area contributed by atoms with Crippen molar-refractivity contribution in [1.82, 2.24) is 0 Å². The van der Waals surface area contributed by atoms with Crippen molar-refractivity contribution >= 4 is 39.3 Å². The van der Waals surface area contributed by atoms with Crippen LogP contribution < -0.4 is 0 Å². The molecule has 0 fully saturated rings. The molecule has 0 amide bonds. The Morgan fingerprint density at radius 2 is 1.76 bits per heavy atom. The summed E-state index contributed by atoms with van der Waals surface area (Å²) in [6.07, 6.45) is -0.315. The van der Waals surface area contributed by atoms with Crippen molar-refractivity contribution < 1.29 is 9.47 Å². The minimum absolute atomic E-state index is 0.315. The molecule has 0 atom stereocenters. The van der Waals surface area contributed by atoms with Crippen LogP contribution in [0.1, 0.15) is 17.4 Å². The summed E-state index contributed by atoms with van der Waals surface area (Å²) in [6, 6.07) is 14.1. The molecular weight excluding hydrogens is 372 g/mol. The summed E-state index contributed by atoms with van der Waals surface area (Å²) in [5.41, 5.74) is 2.13. The summed E-state index contributed by atoms with van der Waals surface area (Å²) in [5, 5.41) is 0.785. The smallest absolute Gasteiger partial charge is 0.183 e. The van der Waals surface area contributed by atoms with E-state index in [0.717, 1.165) is 26.4 Å². The van der Waals surface area contributed by atoms with E-state index in [-0.39, 0.29) is 6.29 Å². The van der Waals surface area contributed by atoms with Crippen LogP contribution in [-0.2, 0) is 15.2 Å². The highest BCUT2D eigenvalue weighted by Gasteiger charge is 2.08. The summed E-state index contributed by atoms with van der Waals surface area (Å²) >= 11 is 11.4. The first-order valence-corrected chi connectivity index (χ1v) is 8.52. The SMILES string of the molecule is COC(OC)c1ccc(SCc2ccc(Br)cc2Cl)cc1. The molecule has 0 radical (unpaired) electrons.